The van der Waals surface area contributed by atoms with Crippen molar-refractivity contribution in [1.29, 1.82) is 0 Å². The Morgan fingerprint density at radius 1 is 0.900 bits per heavy atom. The normalized spacial score (nSPS) is 13.5. The van der Waals surface area contributed by atoms with Gasteiger partial charge in [-0.05, 0) is 29.8 Å². The van der Waals surface area contributed by atoms with Crippen molar-refractivity contribution < 1.29 is 4.79 Å². The Labute approximate surface area is 185 Å². The van der Waals surface area contributed by atoms with Gasteiger partial charge in [0.15, 0.2) is 0 Å². The smallest absolute Gasteiger partial charge is 0.254 e. The zero-order valence-electron chi connectivity index (χ0n) is 16.3. The molecular weight excluding hydrogens is 415 g/mol. The molecule has 3 nitrogen and oxygen atoms in total. The van der Waals surface area contributed by atoms with Crippen molar-refractivity contribution in [3.63, 3.8) is 0 Å². The third kappa shape index (κ3) is 3.38. The van der Waals surface area contributed by atoms with Crippen molar-refractivity contribution in [3.05, 3.63) is 105 Å². The summed E-state index contributed by atoms with van der Waals surface area (Å²) in [6, 6.07) is 24.0. The third-order valence-electron chi connectivity index (χ3n) is 5.80. The van der Waals surface area contributed by atoms with E-state index >= 15 is 0 Å². The molecule has 0 aliphatic carbocycles. The zero-order valence-corrected chi connectivity index (χ0v) is 17.8. The molecule has 0 unspecified atom stereocenters. The van der Waals surface area contributed by atoms with Gasteiger partial charge in [0, 0.05) is 53.8 Å². The molecule has 4 aromatic rings. The Morgan fingerprint density at radius 3 is 2.47 bits per heavy atom. The largest absolute Gasteiger partial charge is 0.340 e. The Bertz CT molecular complexity index is 1250. The molecule has 3 aromatic carbocycles. The van der Waals surface area contributed by atoms with Crippen LogP contribution in [-0.2, 0) is 19.5 Å². The minimum atomic E-state index is -0.0147. The van der Waals surface area contributed by atoms with Crippen LogP contribution in [0.3, 0.4) is 0 Å². The summed E-state index contributed by atoms with van der Waals surface area (Å²) in [4.78, 5) is 15.0. The molecule has 2 heterocycles. The molecule has 0 fully saturated rings. The van der Waals surface area contributed by atoms with Crippen LogP contribution in [0.25, 0.3) is 10.9 Å². The molecule has 0 saturated heterocycles. The van der Waals surface area contributed by atoms with Crippen molar-refractivity contribution in [1.82, 2.24) is 9.47 Å². The van der Waals surface area contributed by atoms with Gasteiger partial charge in [-0.1, -0.05) is 71.7 Å². The molecule has 5 rings (SSSR count). The van der Waals surface area contributed by atoms with Crippen LogP contribution in [-0.4, -0.2) is 21.9 Å². The summed E-state index contributed by atoms with van der Waals surface area (Å²) in [6.07, 6.45) is 0.823. The van der Waals surface area contributed by atoms with E-state index in [0.29, 0.717) is 28.7 Å². The van der Waals surface area contributed by atoms with Crippen LogP contribution in [0.1, 0.15) is 27.2 Å². The number of halogens is 2. The highest BCUT2D eigenvalue weighted by Crippen LogP contribution is 2.32. The first-order chi connectivity index (χ1) is 14.6. The number of hydrogen-bond acceptors (Lipinski definition) is 1. The van der Waals surface area contributed by atoms with Crippen LogP contribution in [0.5, 0.6) is 0 Å². The number of hydrogen-bond donors (Lipinski definition) is 0. The van der Waals surface area contributed by atoms with Gasteiger partial charge in [-0.2, -0.15) is 0 Å². The molecule has 30 heavy (non-hydrogen) atoms. The number of benzene rings is 3. The third-order valence-corrected chi connectivity index (χ3v) is 6.54. The average Bonchev–Trinajstić information content (AvgIpc) is 3.09. The fraction of sp³-hybridized carbons (Fsp3) is 0.160. The minimum Gasteiger partial charge on any atom is -0.340 e. The second kappa shape index (κ2) is 7.82. The second-order valence-corrected chi connectivity index (χ2v) is 8.43. The van der Waals surface area contributed by atoms with Gasteiger partial charge in [0.1, 0.15) is 0 Å². The highest BCUT2D eigenvalue weighted by Gasteiger charge is 2.27. The first kappa shape index (κ1) is 19.2. The Hall–Kier alpha value is -2.75. The van der Waals surface area contributed by atoms with Gasteiger partial charge in [0.05, 0.1) is 10.0 Å². The van der Waals surface area contributed by atoms with Gasteiger partial charge in [-0.3, -0.25) is 4.79 Å². The van der Waals surface area contributed by atoms with Gasteiger partial charge in [0.25, 0.3) is 5.91 Å². The number of carbonyl (C=O) groups is 1. The van der Waals surface area contributed by atoms with Crippen molar-refractivity contribution in [2.45, 2.75) is 19.5 Å². The monoisotopic (exact) mass is 434 g/mol. The maximum Gasteiger partial charge on any atom is 0.254 e. The van der Waals surface area contributed by atoms with Crippen LogP contribution < -0.4 is 0 Å². The molecule has 1 aliphatic rings. The predicted molar refractivity (Wildman–Crippen MR) is 122 cm³/mol. The fourth-order valence-corrected chi connectivity index (χ4v) is 4.63. The van der Waals surface area contributed by atoms with Gasteiger partial charge in [-0.25, -0.2) is 0 Å². The molecule has 0 saturated carbocycles. The second-order valence-electron chi connectivity index (χ2n) is 7.62. The molecule has 5 heteroatoms. The standard InChI is InChI=1S/C25H20Cl2N2O/c26-21-11-10-18(14-22(21)27)25(30)28-13-12-24-20(16-28)19-8-4-5-9-23(19)29(24)15-17-6-2-1-3-7-17/h1-11,14H,12-13,15-16H2. The van der Waals surface area contributed by atoms with Crippen molar-refractivity contribution in [3.8, 4) is 0 Å². The summed E-state index contributed by atoms with van der Waals surface area (Å²) < 4.78 is 2.40. The molecule has 0 radical (unpaired) electrons. The first-order valence-electron chi connectivity index (χ1n) is 9.99. The van der Waals surface area contributed by atoms with Crippen LogP contribution in [0.15, 0.2) is 72.8 Å². The maximum absolute atomic E-state index is 13.1. The molecule has 0 N–H and O–H groups in total. The molecular formula is C25H20Cl2N2O. The van der Waals surface area contributed by atoms with Crippen LogP contribution >= 0.6 is 23.2 Å². The molecule has 0 spiro atoms. The van der Waals surface area contributed by atoms with Crippen LogP contribution in [0.2, 0.25) is 10.0 Å². The summed E-state index contributed by atoms with van der Waals surface area (Å²) in [6.45, 7) is 2.10. The van der Waals surface area contributed by atoms with E-state index in [4.69, 9.17) is 23.2 Å². The van der Waals surface area contributed by atoms with E-state index in [1.165, 1.54) is 27.7 Å². The fourth-order valence-electron chi connectivity index (χ4n) is 4.33. The van der Waals surface area contributed by atoms with Gasteiger partial charge >= 0.3 is 0 Å². The van der Waals surface area contributed by atoms with E-state index in [9.17, 15) is 4.79 Å². The van der Waals surface area contributed by atoms with Crippen molar-refractivity contribution >= 4 is 40.0 Å². The average molecular weight is 435 g/mol. The Morgan fingerprint density at radius 2 is 1.67 bits per heavy atom. The molecule has 0 bridgehead atoms. The number of rotatable bonds is 3. The SMILES string of the molecule is O=C(c1ccc(Cl)c(Cl)c1)N1CCc2c(c3ccccc3n2Cc2ccccc2)C1. The quantitative estimate of drug-likeness (QED) is 0.377. The lowest BCUT2D eigenvalue weighted by Gasteiger charge is -2.28. The maximum atomic E-state index is 13.1. The summed E-state index contributed by atoms with van der Waals surface area (Å²) in [7, 11) is 0. The summed E-state index contributed by atoms with van der Waals surface area (Å²) >= 11 is 12.1. The first-order valence-corrected chi connectivity index (χ1v) is 10.7. The summed E-state index contributed by atoms with van der Waals surface area (Å²) in [5.74, 6) is -0.0147. The summed E-state index contributed by atoms with van der Waals surface area (Å²) in [5.41, 5.74) is 5.62. The van der Waals surface area contributed by atoms with E-state index in [1.807, 2.05) is 11.0 Å². The van der Waals surface area contributed by atoms with Crippen LogP contribution in [0.4, 0.5) is 0 Å². The summed E-state index contributed by atoms with van der Waals surface area (Å²) in [5, 5.41) is 2.08. The van der Waals surface area contributed by atoms with Crippen LogP contribution in [0, 0.1) is 0 Å². The van der Waals surface area contributed by atoms with E-state index < -0.39 is 0 Å². The van der Waals surface area contributed by atoms with Crippen molar-refractivity contribution in [2.24, 2.45) is 0 Å². The van der Waals surface area contributed by atoms with Crippen molar-refractivity contribution in [2.75, 3.05) is 6.54 Å². The number of nitrogens with zero attached hydrogens (tertiary/aromatic N) is 2. The highest BCUT2D eigenvalue weighted by molar-refractivity contribution is 6.42. The van der Waals surface area contributed by atoms with Gasteiger partial charge < -0.3 is 9.47 Å². The zero-order chi connectivity index (χ0) is 20.7. The highest BCUT2D eigenvalue weighted by atomic mass is 35.5. The Kier molecular flexibility index (Phi) is 5.01. The Balaban J connectivity index is 1.51. The number of amides is 1. The number of fused-ring (bicyclic) bond motifs is 3. The lowest BCUT2D eigenvalue weighted by molar-refractivity contribution is 0.0734. The molecule has 1 aliphatic heterocycles. The van der Waals surface area contributed by atoms with E-state index in [1.54, 1.807) is 18.2 Å². The lowest BCUT2D eigenvalue weighted by atomic mass is 10.0. The lowest BCUT2D eigenvalue weighted by Crippen LogP contribution is -2.36. The number of para-hydroxylation sites is 1. The van der Waals surface area contributed by atoms with E-state index in [-0.39, 0.29) is 5.91 Å². The molecule has 150 valence electrons. The molecule has 0 atom stereocenters. The molecule has 1 aromatic heterocycles. The van der Waals surface area contributed by atoms with Gasteiger partial charge in [0.2, 0.25) is 0 Å². The minimum absolute atomic E-state index is 0.0147. The van der Waals surface area contributed by atoms with E-state index in [0.717, 1.165) is 13.0 Å². The topological polar surface area (TPSA) is 25.2 Å². The number of aromatic nitrogens is 1. The predicted octanol–water partition coefficient (Wildman–Crippen LogP) is 6.19. The van der Waals surface area contributed by atoms with Gasteiger partial charge in [-0.15, -0.1) is 0 Å². The molecule has 1 amide bonds. The number of carbonyl (C=O) groups excluding carboxylic acids is 1. The van der Waals surface area contributed by atoms with E-state index in [2.05, 4.69) is 53.1 Å².